The van der Waals surface area contributed by atoms with Gasteiger partial charge in [-0.05, 0) is 42.0 Å². The van der Waals surface area contributed by atoms with Crippen LogP contribution in [0.15, 0.2) is 60.7 Å². The molecule has 5 nitrogen and oxygen atoms in total. The van der Waals surface area contributed by atoms with Crippen LogP contribution < -0.4 is 9.47 Å². The van der Waals surface area contributed by atoms with Gasteiger partial charge < -0.3 is 9.47 Å². The van der Waals surface area contributed by atoms with Crippen molar-refractivity contribution in [1.82, 2.24) is 0 Å². The Morgan fingerprint density at radius 3 is 2.35 bits per heavy atom. The summed E-state index contributed by atoms with van der Waals surface area (Å²) in [6, 6.07) is 15.1. The van der Waals surface area contributed by atoms with Crippen LogP contribution in [0.1, 0.15) is 0 Å². The van der Waals surface area contributed by atoms with Gasteiger partial charge in [0.2, 0.25) is 0 Å². The average Bonchev–Trinajstić information content (AvgIpc) is 2.63. The number of nitrogens with zero attached hydrogens (tertiary/aromatic N) is 1. The molecule has 0 aromatic heterocycles. The number of methoxy groups -OCH3 is 1. The summed E-state index contributed by atoms with van der Waals surface area (Å²) in [5.74, 6) is -0.0443. The molecule has 0 atom stereocenters. The first-order valence-corrected chi connectivity index (χ1v) is 7.92. The molecule has 132 valence electrons. The topological polar surface area (TPSA) is 61.6 Å². The maximum absolute atomic E-state index is 15.1. The molecule has 0 saturated carbocycles. The Morgan fingerprint density at radius 1 is 1.04 bits per heavy atom. The smallest absolute Gasteiger partial charge is 0.269 e. The van der Waals surface area contributed by atoms with Crippen LogP contribution in [0.5, 0.6) is 17.2 Å². The lowest BCUT2D eigenvalue weighted by molar-refractivity contribution is -0.384. The van der Waals surface area contributed by atoms with E-state index in [9.17, 15) is 10.1 Å². The highest BCUT2D eigenvalue weighted by Gasteiger charge is 2.18. The molecule has 0 bridgehead atoms. The van der Waals surface area contributed by atoms with Gasteiger partial charge in [0.15, 0.2) is 11.6 Å². The number of halogens is 2. The number of ether oxygens (including phenoxy) is 2. The van der Waals surface area contributed by atoms with Crippen molar-refractivity contribution in [1.29, 1.82) is 0 Å². The Balaban J connectivity index is 2.01. The zero-order valence-electron chi connectivity index (χ0n) is 13.6. The van der Waals surface area contributed by atoms with Crippen LogP contribution in [-0.2, 0) is 0 Å². The minimum Gasteiger partial charge on any atom is -0.496 e. The molecule has 0 radical (unpaired) electrons. The van der Waals surface area contributed by atoms with Gasteiger partial charge in [-0.1, -0.05) is 23.7 Å². The molecule has 0 unspecified atom stereocenters. The average molecular weight is 374 g/mol. The fourth-order valence-electron chi connectivity index (χ4n) is 2.46. The summed E-state index contributed by atoms with van der Waals surface area (Å²) >= 11 is 6.00. The molecule has 0 spiro atoms. The Bertz CT molecular complexity index is 960. The van der Waals surface area contributed by atoms with Crippen LogP contribution >= 0.6 is 11.6 Å². The van der Waals surface area contributed by atoms with Gasteiger partial charge in [-0.15, -0.1) is 0 Å². The lowest BCUT2D eigenvalue weighted by Gasteiger charge is -2.14. The first kappa shape index (κ1) is 17.7. The number of hydrogen-bond donors (Lipinski definition) is 0. The van der Waals surface area contributed by atoms with Crippen molar-refractivity contribution < 1.29 is 18.8 Å². The lowest BCUT2D eigenvalue weighted by atomic mass is 10.0. The molecular formula is C19H13ClFNO4. The van der Waals surface area contributed by atoms with Crippen LogP contribution in [0.2, 0.25) is 5.02 Å². The molecule has 0 saturated heterocycles. The van der Waals surface area contributed by atoms with Crippen LogP contribution in [0.25, 0.3) is 11.1 Å². The van der Waals surface area contributed by atoms with E-state index in [4.69, 9.17) is 21.1 Å². The molecule has 26 heavy (non-hydrogen) atoms. The SMILES string of the molecule is COc1ccc(Oc2ccc([N+](=O)[O-])cc2)c(F)c1-c1cccc(Cl)c1. The summed E-state index contributed by atoms with van der Waals surface area (Å²) in [4.78, 5) is 10.2. The van der Waals surface area contributed by atoms with Crippen molar-refractivity contribution >= 4 is 17.3 Å². The zero-order valence-corrected chi connectivity index (χ0v) is 14.4. The summed E-state index contributed by atoms with van der Waals surface area (Å²) < 4.78 is 25.9. The largest absolute Gasteiger partial charge is 0.496 e. The third-order valence-electron chi connectivity index (χ3n) is 3.68. The van der Waals surface area contributed by atoms with E-state index in [1.165, 1.54) is 37.4 Å². The van der Waals surface area contributed by atoms with Crippen LogP contribution in [0.4, 0.5) is 10.1 Å². The van der Waals surface area contributed by atoms with E-state index < -0.39 is 10.7 Å². The van der Waals surface area contributed by atoms with Crippen molar-refractivity contribution in [3.8, 4) is 28.4 Å². The molecule has 0 aliphatic rings. The van der Waals surface area contributed by atoms with Gasteiger partial charge in [0.1, 0.15) is 11.5 Å². The molecule has 0 aliphatic heterocycles. The number of non-ortho nitro benzene ring substituents is 1. The van der Waals surface area contributed by atoms with E-state index in [0.717, 1.165) is 0 Å². The highest BCUT2D eigenvalue weighted by molar-refractivity contribution is 6.30. The summed E-state index contributed by atoms with van der Waals surface area (Å²) in [5, 5.41) is 11.2. The highest BCUT2D eigenvalue weighted by Crippen LogP contribution is 2.39. The van der Waals surface area contributed by atoms with E-state index >= 15 is 4.39 Å². The Kier molecular flexibility index (Phi) is 5.04. The molecule has 3 aromatic carbocycles. The summed E-state index contributed by atoms with van der Waals surface area (Å²) in [5.41, 5.74) is 0.683. The number of nitro groups is 1. The third kappa shape index (κ3) is 3.60. The summed E-state index contributed by atoms with van der Waals surface area (Å²) in [6.07, 6.45) is 0. The second-order valence-corrected chi connectivity index (χ2v) is 5.75. The van der Waals surface area contributed by atoms with Crippen molar-refractivity contribution in [2.45, 2.75) is 0 Å². The molecule has 0 aliphatic carbocycles. The minimum atomic E-state index is -0.620. The minimum absolute atomic E-state index is 0.0328. The molecule has 0 fully saturated rings. The molecule has 3 aromatic rings. The zero-order chi connectivity index (χ0) is 18.7. The van der Waals surface area contributed by atoms with Crippen molar-refractivity contribution in [3.63, 3.8) is 0 Å². The predicted octanol–water partition coefficient (Wildman–Crippen LogP) is 5.86. The lowest BCUT2D eigenvalue weighted by Crippen LogP contribution is -1.96. The van der Waals surface area contributed by atoms with Gasteiger partial charge in [-0.3, -0.25) is 10.1 Å². The van der Waals surface area contributed by atoms with Crippen molar-refractivity contribution in [2.24, 2.45) is 0 Å². The van der Waals surface area contributed by atoms with Crippen LogP contribution in [0.3, 0.4) is 0 Å². The summed E-state index contributed by atoms with van der Waals surface area (Å²) in [6.45, 7) is 0. The van der Waals surface area contributed by atoms with E-state index in [-0.39, 0.29) is 22.7 Å². The molecule has 0 heterocycles. The van der Waals surface area contributed by atoms with Crippen molar-refractivity contribution in [3.05, 3.63) is 81.6 Å². The third-order valence-corrected chi connectivity index (χ3v) is 3.91. The molecule has 3 rings (SSSR count). The Labute approximate surface area is 153 Å². The molecule has 0 N–H and O–H groups in total. The van der Waals surface area contributed by atoms with Gasteiger partial charge in [-0.2, -0.15) is 0 Å². The monoisotopic (exact) mass is 373 g/mol. The quantitative estimate of drug-likeness (QED) is 0.415. The number of nitro benzene ring substituents is 1. The Hall–Kier alpha value is -3.12. The molecule has 7 heteroatoms. The normalized spacial score (nSPS) is 10.4. The van der Waals surface area contributed by atoms with E-state index in [1.54, 1.807) is 30.3 Å². The Morgan fingerprint density at radius 2 is 1.73 bits per heavy atom. The number of rotatable bonds is 5. The van der Waals surface area contributed by atoms with Gasteiger partial charge in [0, 0.05) is 17.2 Å². The van der Waals surface area contributed by atoms with Gasteiger partial charge in [0.05, 0.1) is 17.6 Å². The highest BCUT2D eigenvalue weighted by atomic mass is 35.5. The first-order chi connectivity index (χ1) is 12.5. The van der Waals surface area contributed by atoms with Gasteiger partial charge in [0.25, 0.3) is 5.69 Å². The van der Waals surface area contributed by atoms with E-state index in [1.807, 2.05) is 0 Å². The standard InChI is InChI=1S/C19H13ClFNO4/c1-25-16-9-10-17(26-15-7-5-14(6-8-15)22(23)24)19(21)18(16)12-3-2-4-13(20)11-12/h2-11H,1H3. The van der Waals surface area contributed by atoms with Gasteiger partial charge >= 0.3 is 0 Å². The first-order valence-electron chi connectivity index (χ1n) is 7.54. The molecule has 0 amide bonds. The number of benzene rings is 3. The van der Waals surface area contributed by atoms with Crippen LogP contribution in [-0.4, -0.2) is 12.0 Å². The summed E-state index contributed by atoms with van der Waals surface area (Å²) in [7, 11) is 1.44. The van der Waals surface area contributed by atoms with E-state index in [0.29, 0.717) is 16.3 Å². The number of hydrogen-bond acceptors (Lipinski definition) is 4. The van der Waals surface area contributed by atoms with Crippen LogP contribution in [0, 0.1) is 15.9 Å². The predicted molar refractivity (Wildman–Crippen MR) is 96.6 cm³/mol. The maximum atomic E-state index is 15.1. The van der Waals surface area contributed by atoms with Crippen molar-refractivity contribution in [2.75, 3.05) is 7.11 Å². The fourth-order valence-corrected chi connectivity index (χ4v) is 2.65. The maximum Gasteiger partial charge on any atom is 0.269 e. The fraction of sp³-hybridized carbons (Fsp3) is 0.0526. The molecular weight excluding hydrogens is 361 g/mol. The van der Waals surface area contributed by atoms with Gasteiger partial charge in [-0.25, -0.2) is 4.39 Å². The second kappa shape index (κ2) is 7.41. The van der Waals surface area contributed by atoms with E-state index in [2.05, 4.69) is 0 Å². The second-order valence-electron chi connectivity index (χ2n) is 5.32.